The first-order chi connectivity index (χ1) is 15.7. The lowest BCUT2D eigenvalue weighted by Gasteiger charge is -1.94. The van der Waals surface area contributed by atoms with Crippen LogP contribution in [0, 0.1) is 27.7 Å². The summed E-state index contributed by atoms with van der Waals surface area (Å²) in [7, 11) is 1.36. The van der Waals surface area contributed by atoms with Crippen LogP contribution in [0.4, 0.5) is 0 Å². The Morgan fingerprint density at radius 1 is 0.848 bits per heavy atom. The highest BCUT2D eigenvalue weighted by atomic mass is 32.1. The van der Waals surface area contributed by atoms with Crippen molar-refractivity contribution in [1.29, 1.82) is 0 Å². The molecule has 0 aliphatic heterocycles. The fourth-order valence-electron chi connectivity index (χ4n) is 2.85. The number of hydrogen-bond acceptors (Lipinski definition) is 9. The molecule has 0 bridgehead atoms. The molecule has 8 nitrogen and oxygen atoms in total. The zero-order valence-corrected chi connectivity index (χ0v) is 20.6. The average molecular weight is 489 g/mol. The zero-order valence-electron chi connectivity index (χ0n) is 18.9. The van der Waals surface area contributed by atoms with E-state index in [9.17, 15) is 9.59 Å². The van der Waals surface area contributed by atoms with Gasteiger partial charge in [0, 0.05) is 9.75 Å². The number of nitrogens with zero attached hydrogens (tertiary/aromatic N) is 2. The maximum atomic E-state index is 11.2. The van der Waals surface area contributed by atoms with Gasteiger partial charge in [-0.3, -0.25) is 9.59 Å². The van der Waals surface area contributed by atoms with Crippen molar-refractivity contribution in [2.24, 2.45) is 0 Å². The van der Waals surface area contributed by atoms with E-state index in [4.69, 9.17) is 13.9 Å². The lowest BCUT2D eigenvalue weighted by molar-refractivity contribution is -0.140. The SMILES string of the molecule is COC(=O)Cc1nc(-c2ccc(C)s2)oc1C.Cc1ccc(-c2nc(CC(=O)O)c(C)o2)s1. The molecule has 0 atom stereocenters. The van der Waals surface area contributed by atoms with Gasteiger partial charge in [0.05, 0.1) is 41.1 Å². The molecule has 4 rings (SSSR count). The molecule has 0 unspecified atom stereocenters. The number of hydrogen-bond donors (Lipinski definition) is 1. The molecule has 0 fully saturated rings. The van der Waals surface area contributed by atoms with E-state index < -0.39 is 5.97 Å². The van der Waals surface area contributed by atoms with Gasteiger partial charge in [-0.25, -0.2) is 9.97 Å². The maximum absolute atomic E-state index is 11.2. The molecule has 1 N–H and O–H groups in total. The van der Waals surface area contributed by atoms with Gasteiger partial charge in [-0.15, -0.1) is 22.7 Å². The van der Waals surface area contributed by atoms with E-state index in [1.54, 1.807) is 36.5 Å². The maximum Gasteiger partial charge on any atom is 0.311 e. The number of ether oxygens (including phenoxy) is 1. The molecule has 4 heterocycles. The van der Waals surface area contributed by atoms with Gasteiger partial charge in [0.2, 0.25) is 11.8 Å². The minimum absolute atomic E-state index is 0.0975. The first kappa shape index (κ1) is 24.4. The van der Waals surface area contributed by atoms with Crippen LogP contribution in [0.5, 0.6) is 0 Å². The fourth-order valence-corrected chi connectivity index (χ4v) is 4.43. The molecule has 0 saturated heterocycles. The Morgan fingerprint density at radius 3 is 1.67 bits per heavy atom. The second-order valence-corrected chi connectivity index (χ2v) is 9.76. The summed E-state index contributed by atoms with van der Waals surface area (Å²) in [5.41, 5.74) is 1.13. The number of aromatic nitrogens is 2. The minimum atomic E-state index is -0.898. The minimum Gasteiger partial charge on any atom is -0.481 e. The third kappa shape index (κ3) is 6.39. The summed E-state index contributed by atoms with van der Waals surface area (Å²) in [6.07, 6.45) is 0.0515. The van der Waals surface area contributed by atoms with Gasteiger partial charge in [0.25, 0.3) is 0 Å². The summed E-state index contributed by atoms with van der Waals surface area (Å²) in [4.78, 5) is 34.6. The molecule has 0 spiro atoms. The number of carboxylic acid groups (broad SMARTS) is 1. The van der Waals surface area contributed by atoms with Gasteiger partial charge >= 0.3 is 11.9 Å². The van der Waals surface area contributed by atoms with Crippen LogP contribution in [0.15, 0.2) is 33.1 Å². The molecule has 0 aliphatic carbocycles. The number of carboxylic acids is 1. The van der Waals surface area contributed by atoms with Crippen LogP contribution in [0.1, 0.15) is 32.7 Å². The van der Waals surface area contributed by atoms with Gasteiger partial charge in [0.15, 0.2) is 0 Å². The van der Waals surface area contributed by atoms with Crippen molar-refractivity contribution in [1.82, 2.24) is 9.97 Å². The molecule has 174 valence electrons. The summed E-state index contributed by atoms with van der Waals surface area (Å²) in [6, 6.07) is 7.89. The quantitative estimate of drug-likeness (QED) is 0.360. The number of oxazole rings is 2. The molecule has 0 aliphatic rings. The Kier molecular flexibility index (Phi) is 7.83. The summed E-state index contributed by atoms with van der Waals surface area (Å²) in [6.45, 7) is 7.56. The predicted molar refractivity (Wildman–Crippen MR) is 126 cm³/mol. The van der Waals surface area contributed by atoms with Crippen LogP contribution in [-0.4, -0.2) is 34.1 Å². The zero-order chi connectivity index (χ0) is 24.1. The standard InChI is InChI=1S/C12H13NO3S.C11H11NO3S/c1-7-4-5-10(17-7)12-13-9(8(2)16-12)6-11(14)15-3;1-6-3-4-9(16-6)11-12-8(5-10(13)14)7(2)15-11/h4-5H,6H2,1-3H3;3-4H,5H2,1-2H3,(H,13,14). The monoisotopic (exact) mass is 488 g/mol. The van der Waals surface area contributed by atoms with Gasteiger partial charge in [0.1, 0.15) is 11.5 Å². The topological polar surface area (TPSA) is 116 Å². The number of carbonyl (C=O) groups is 2. The molecule has 4 aromatic rings. The Labute approximate surface area is 198 Å². The second-order valence-electron chi connectivity index (χ2n) is 7.19. The van der Waals surface area contributed by atoms with Crippen LogP contribution in [-0.2, 0) is 27.2 Å². The number of thiophene rings is 2. The summed E-state index contributed by atoms with van der Waals surface area (Å²) >= 11 is 3.19. The van der Waals surface area contributed by atoms with Gasteiger partial charge in [-0.2, -0.15) is 0 Å². The highest BCUT2D eigenvalue weighted by Gasteiger charge is 2.16. The number of carbonyl (C=O) groups excluding carboxylic acids is 1. The summed E-state index contributed by atoms with van der Waals surface area (Å²) < 4.78 is 15.6. The van der Waals surface area contributed by atoms with E-state index in [0.29, 0.717) is 34.7 Å². The number of rotatable bonds is 6. The molecule has 33 heavy (non-hydrogen) atoms. The number of aliphatic carboxylic acids is 1. The van der Waals surface area contributed by atoms with Crippen molar-refractivity contribution in [3.63, 3.8) is 0 Å². The van der Waals surface area contributed by atoms with Gasteiger partial charge in [-0.1, -0.05) is 0 Å². The second kappa shape index (κ2) is 10.6. The normalized spacial score (nSPS) is 10.6. The molecule has 0 aromatic carbocycles. The van der Waals surface area contributed by atoms with Crippen LogP contribution in [0.25, 0.3) is 21.5 Å². The van der Waals surface area contributed by atoms with Crippen molar-refractivity contribution in [3.05, 3.63) is 56.9 Å². The average Bonchev–Trinajstić information content (AvgIpc) is 3.52. The molecule has 0 radical (unpaired) electrons. The first-order valence-corrected chi connectivity index (χ1v) is 11.6. The summed E-state index contributed by atoms with van der Waals surface area (Å²) in [5, 5.41) is 8.70. The largest absolute Gasteiger partial charge is 0.481 e. The van der Waals surface area contributed by atoms with E-state index in [0.717, 1.165) is 9.75 Å². The molecular weight excluding hydrogens is 464 g/mol. The van der Waals surface area contributed by atoms with E-state index in [1.807, 2.05) is 38.1 Å². The molecule has 4 aromatic heterocycles. The highest BCUT2D eigenvalue weighted by molar-refractivity contribution is 7.15. The molecule has 0 saturated carbocycles. The Balaban J connectivity index is 0.000000186. The molecule has 0 amide bonds. The first-order valence-electron chi connectivity index (χ1n) is 10.0. The Morgan fingerprint density at radius 2 is 1.30 bits per heavy atom. The Bertz CT molecular complexity index is 1260. The number of aryl methyl sites for hydroxylation is 4. The number of esters is 1. The van der Waals surface area contributed by atoms with E-state index in [2.05, 4.69) is 14.7 Å². The van der Waals surface area contributed by atoms with Crippen molar-refractivity contribution in [3.8, 4) is 21.5 Å². The van der Waals surface area contributed by atoms with Crippen molar-refractivity contribution in [2.45, 2.75) is 40.5 Å². The van der Waals surface area contributed by atoms with Crippen LogP contribution in [0.2, 0.25) is 0 Å². The van der Waals surface area contributed by atoms with Gasteiger partial charge < -0.3 is 18.7 Å². The van der Waals surface area contributed by atoms with E-state index in [1.165, 1.54) is 16.9 Å². The van der Waals surface area contributed by atoms with Crippen LogP contribution >= 0.6 is 22.7 Å². The molecular formula is C23H24N2O6S2. The fraction of sp³-hybridized carbons (Fsp3) is 0.304. The summed E-state index contributed by atoms with van der Waals surface area (Å²) in [5.74, 6) is 1.10. The lowest BCUT2D eigenvalue weighted by atomic mass is 10.3. The Hall–Kier alpha value is -3.24. The van der Waals surface area contributed by atoms with Crippen LogP contribution in [0.3, 0.4) is 0 Å². The molecule has 10 heteroatoms. The van der Waals surface area contributed by atoms with Crippen molar-refractivity contribution < 1.29 is 28.3 Å². The smallest absolute Gasteiger partial charge is 0.311 e. The third-order valence-electron chi connectivity index (χ3n) is 4.55. The van der Waals surface area contributed by atoms with E-state index >= 15 is 0 Å². The third-order valence-corrected chi connectivity index (χ3v) is 6.52. The van der Waals surface area contributed by atoms with Crippen molar-refractivity contribution in [2.75, 3.05) is 7.11 Å². The van der Waals surface area contributed by atoms with Crippen LogP contribution < -0.4 is 0 Å². The highest BCUT2D eigenvalue weighted by Crippen LogP contribution is 2.29. The van der Waals surface area contributed by atoms with Crippen molar-refractivity contribution >= 4 is 34.6 Å². The predicted octanol–water partition coefficient (Wildman–Crippen LogP) is 5.38. The number of methoxy groups -OCH3 is 1. The van der Waals surface area contributed by atoms with Gasteiger partial charge in [-0.05, 0) is 52.0 Å². The van der Waals surface area contributed by atoms with E-state index in [-0.39, 0.29) is 18.8 Å². The lowest BCUT2D eigenvalue weighted by Crippen LogP contribution is -2.05.